The number of carboxylic acids is 1. The van der Waals surface area contributed by atoms with Crippen LogP contribution in [-0.4, -0.2) is 22.0 Å². The van der Waals surface area contributed by atoms with Gasteiger partial charge in [-0.15, -0.1) is 0 Å². The Morgan fingerprint density at radius 2 is 2.19 bits per heavy atom. The van der Waals surface area contributed by atoms with Crippen molar-refractivity contribution >= 4 is 29.3 Å². The number of aliphatic carboxylic acids is 1. The predicted octanol–water partition coefficient (Wildman–Crippen LogP) is 1.96. The maximum absolute atomic E-state index is 12.5. The van der Waals surface area contributed by atoms with Crippen LogP contribution in [0.15, 0.2) is 24.0 Å². The average Bonchev–Trinajstić information content (AvgIpc) is 2.67. The van der Waals surface area contributed by atoms with Crippen molar-refractivity contribution in [2.45, 2.75) is 12.6 Å². The van der Waals surface area contributed by atoms with E-state index in [4.69, 9.17) is 16.7 Å². The normalized spacial score (nSPS) is 17.2. The minimum Gasteiger partial charge on any atom is -0.478 e. The summed E-state index contributed by atoms with van der Waals surface area (Å²) >= 11 is 5.70. The number of rotatable bonds is 2. The number of carbonyl (C=O) groups excluding carboxylic acids is 1. The second kappa shape index (κ2) is 5.24. The molecule has 1 fully saturated rings. The lowest BCUT2D eigenvalue weighted by Crippen LogP contribution is -2.34. The van der Waals surface area contributed by atoms with Gasteiger partial charge in [-0.2, -0.15) is 13.2 Å². The van der Waals surface area contributed by atoms with Gasteiger partial charge in [0.15, 0.2) is 5.82 Å². The molecule has 1 aromatic rings. The molecule has 2 N–H and O–H groups in total. The van der Waals surface area contributed by atoms with Crippen molar-refractivity contribution in [1.29, 1.82) is 0 Å². The zero-order chi connectivity index (χ0) is 15.8. The van der Waals surface area contributed by atoms with Gasteiger partial charge in [0, 0.05) is 18.0 Å². The Morgan fingerprint density at radius 1 is 1.52 bits per heavy atom. The second-order valence-electron chi connectivity index (χ2n) is 4.05. The predicted molar refractivity (Wildman–Crippen MR) is 65.2 cm³/mol. The van der Waals surface area contributed by atoms with E-state index in [1.54, 1.807) is 0 Å². The first kappa shape index (κ1) is 15.1. The summed E-state index contributed by atoms with van der Waals surface area (Å²) < 4.78 is 37.5. The van der Waals surface area contributed by atoms with Crippen molar-refractivity contribution in [3.8, 4) is 0 Å². The summed E-state index contributed by atoms with van der Waals surface area (Å²) in [6.45, 7) is 0. The highest BCUT2D eigenvalue weighted by Gasteiger charge is 2.34. The van der Waals surface area contributed by atoms with Crippen LogP contribution in [0.25, 0.3) is 0 Å². The average molecular weight is 322 g/mol. The van der Waals surface area contributed by atoms with Gasteiger partial charge in [0.1, 0.15) is 0 Å². The highest BCUT2D eigenvalue weighted by atomic mass is 35.5. The number of hydrogen-bond acceptors (Lipinski definition) is 4. The number of aromatic nitrogens is 1. The number of anilines is 1. The first-order valence-electron chi connectivity index (χ1n) is 5.44. The Morgan fingerprint density at radius 3 is 2.71 bits per heavy atom. The number of pyridine rings is 1. The van der Waals surface area contributed by atoms with Crippen LogP contribution >= 0.6 is 11.6 Å². The van der Waals surface area contributed by atoms with E-state index in [1.165, 1.54) is 0 Å². The molecule has 1 amide bonds. The van der Waals surface area contributed by atoms with Gasteiger partial charge in [-0.05, 0) is 6.07 Å². The summed E-state index contributed by atoms with van der Waals surface area (Å²) in [5.74, 6) is -2.08. The molecule has 0 atom stereocenters. The van der Waals surface area contributed by atoms with Crippen molar-refractivity contribution in [2.75, 3.05) is 5.01 Å². The molecule has 0 radical (unpaired) electrons. The van der Waals surface area contributed by atoms with E-state index < -0.39 is 23.6 Å². The quantitative estimate of drug-likeness (QED) is 0.814. The summed E-state index contributed by atoms with van der Waals surface area (Å²) in [5, 5.41) is 9.00. The standard InChI is InChI=1S/C11H7ClF3N3O3/c12-7-1-5(11(13,14)15)4-16-10(7)18-8(19)2-6(17-18)3-9(20)21/h1,3-4,17H,2H2,(H,20,21). The smallest absolute Gasteiger partial charge is 0.417 e. The highest BCUT2D eigenvalue weighted by molar-refractivity contribution is 6.33. The van der Waals surface area contributed by atoms with Crippen LogP contribution in [0.5, 0.6) is 0 Å². The molecular formula is C11H7ClF3N3O3. The lowest BCUT2D eigenvalue weighted by atomic mass is 10.2. The highest BCUT2D eigenvalue weighted by Crippen LogP contribution is 2.34. The lowest BCUT2D eigenvalue weighted by molar-refractivity contribution is -0.137. The lowest BCUT2D eigenvalue weighted by Gasteiger charge is -2.17. The topological polar surface area (TPSA) is 82.5 Å². The number of nitrogens with one attached hydrogen (secondary N) is 1. The fraction of sp³-hybridized carbons (Fsp3) is 0.182. The number of hydrogen-bond donors (Lipinski definition) is 2. The van der Waals surface area contributed by atoms with Crippen LogP contribution in [-0.2, 0) is 15.8 Å². The molecule has 2 heterocycles. The van der Waals surface area contributed by atoms with Gasteiger partial charge in [-0.25, -0.2) is 14.8 Å². The van der Waals surface area contributed by atoms with Crippen LogP contribution in [0.3, 0.4) is 0 Å². The Bertz CT molecular complexity index is 645. The molecule has 10 heteroatoms. The second-order valence-corrected chi connectivity index (χ2v) is 4.46. The van der Waals surface area contributed by atoms with Gasteiger partial charge in [0.25, 0.3) is 5.91 Å². The molecular weight excluding hydrogens is 315 g/mol. The third kappa shape index (κ3) is 3.24. The number of hydrazine groups is 1. The molecule has 112 valence electrons. The van der Waals surface area contributed by atoms with Gasteiger partial charge < -0.3 is 5.11 Å². The maximum atomic E-state index is 12.5. The van der Waals surface area contributed by atoms with E-state index in [0.717, 1.165) is 11.1 Å². The third-order valence-corrected chi connectivity index (χ3v) is 2.78. The zero-order valence-electron chi connectivity index (χ0n) is 10.1. The van der Waals surface area contributed by atoms with Crippen molar-refractivity contribution in [1.82, 2.24) is 10.4 Å². The summed E-state index contributed by atoms with van der Waals surface area (Å²) in [6, 6.07) is 0.637. The van der Waals surface area contributed by atoms with Gasteiger partial charge >= 0.3 is 12.1 Å². The van der Waals surface area contributed by atoms with Crippen molar-refractivity contribution in [3.05, 3.63) is 34.6 Å². The molecule has 0 bridgehead atoms. The van der Waals surface area contributed by atoms with Crippen molar-refractivity contribution < 1.29 is 27.9 Å². The SMILES string of the molecule is O=C(O)C=C1CC(=O)N(c2ncc(C(F)(F)F)cc2Cl)N1. The number of alkyl halides is 3. The minimum absolute atomic E-state index is 0.0743. The zero-order valence-corrected chi connectivity index (χ0v) is 10.9. The van der Waals surface area contributed by atoms with Crippen LogP contribution in [0.4, 0.5) is 19.0 Å². The molecule has 1 aliphatic heterocycles. The summed E-state index contributed by atoms with van der Waals surface area (Å²) in [5.41, 5.74) is 1.45. The molecule has 1 aliphatic rings. The van der Waals surface area contributed by atoms with Gasteiger partial charge in [-0.3, -0.25) is 10.2 Å². The molecule has 0 aromatic carbocycles. The monoisotopic (exact) mass is 321 g/mol. The largest absolute Gasteiger partial charge is 0.478 e. The molecule has 0 saturated carbocycles. The molecule has 0 spiro atoms. The van der Waals surface area contributed by atoms with E-state index in [-0.39, 0.29) is 23.0 Å². The van der Waals surface area contributed by atoms with Gasteiger partial charge in [0.2, 0.25) is 0 Å². The molecule has 6 nitrogen and oxygen atoms in total. The molecule has 21 heavy (non-hydrogen) atoms. The van der Waals surface area contributed by atoms with Crippen LogP contribution in [0.2, 0.25) is 5.02 Å². The summed E-state index contributed by atoms with van der Waals surface area (Å²) in [7, 11) is 0. The Labute approximate surface area is 120 Å². The van der Waals surface area contributed by atoms with E-state index in [9.17, 15) is 22.8 Å². The summed E-state index contributed by atoms with van der Waals surface area (Å²) in [4.78, 5) is 25.7. The fourth-order valence-corrected chi connectivity index (χ4v) is 1.89. The minimum atomic E-state index is -4.61. The van der Waals surface area contributed by atoms with Crippen LogP contribution in [0, 0.1) is 0 Å². The summed E-state index contributed by atoms with van der Waals surface area (Å²) in [6.07, 6.45) is -3.54. The third-order valence-electron chi connectivity index (χ3n) is 2.51. The van der Waals surface area contributed by atoms with Gasteiger partial charge in [0.05, 0.1) is 17.0 Å². The van der Waals surface area contributed by atoms with Gasteiger partial charge in [-0.1, -0.05) is 11.6 Å². The van der Waals surface area contributed by atoms with Crippen molar-refractivity contribution in [3.63, 3.8) is 0 Å². The molecule has 1 aromatic heterocycles. The first-order valence-corrected chi connectivity index (χ1v) is 5.82. The Balaban J connectivity index is 2.31. The van der Waals surface area contributed by atoms with E-state index in [2.05, 4.69) is 10.4 Å². The number of carbonyl (C=O) groups is 2. The molecule has 1 saturated heterocycles. The number of halogens is 4. The van der Waals surface area contributed by atoms with Crippen molar-refractivity contribution in [2.24, 2.45) is 0 Å². The first-order chi connectivity index (χ1) is 9.68. The van der Waals surface area contributed by atoms with E-state index >= 15 is 0 Å². The maximum Gasteiger partial charge on any atom is 0.417 e. The van der Waals surface area contributed by atoms with Crippen LogP contribution in [0.1, 0.15) is 12.0 Å². The molecule has 2 rings (SSSR count). The van der Waals surface area contributed by atoms with E-state index in [0.29, 0.717) is 12.3 Å². The fourth-order valence-electron chi connectivity index (χ4n) is 1.64. The Kier molecular flexibility index (Phi) is 3.77. The van der Waals surface area contributed by atoms with E-state index in [1.807, 2.05) is 0 Å². The molecule has 0 unspecified atom stereocenters. The number of nitrogens with zero attached hydrogens (tertiary/aromatic N) is 2. The van der Waals surface area contributed by atoms with Crippen LogP contribution < -0.4 is 10.4 Å². The number of amides is 1. The Hall–Kier alpha value is -2.29. The molecule has 0 aliphatic carbocycles. The number of carboxylic acid groups (broad SMARTS) is 1.